The molecule has 2 aromatic carbocycles. The number of benzene rings is 2. The molecule has 6 heteroatoms. The highest BCUT2D eigenvalue weighted by Gasteiger charge is 2.21. The Morgan fingerprint density at radius 2 is 1.66 bits per heavy atom. The van der Waals surface area contributed by atoms with Crippen LogP contribution in [0.15, 0.2) is 53.5 Å². The normalized spacial score (nSPS) is 15.0. The van der Waals surface area contributed by atoms with E-state index in [2.05, 4.69) is 20.9 Å². The van der Waals surface area contributed by atoms with E-state index in [1.165, 1.54) is 18.6 Å². The standard InChI is InChI=1S/C23H29FN4O/c1-25-23(26-15-17-7-5-11-20(24)13-17)27-16-18-8-6-12-21(14-18)28-22(29)19-9-3-2-4-10-19/h5-8,11-14,19H,2-4,9-10,15-16H2,1H3,(H,28,29)(H2,25,26,27). The van der Waals surface area contributed by atoms with Gasteiger partial charge in [0.25, 0.3) is 0 Å². The lowest BCUT2D eigenvalue weighted by Gasteiger charge is -2.21. The van der Waals surface area contributed by atoms with Crippen LogP contribution in [-0.2, 0) is 17.9 Å². The van der Waals surface area contributed by atoms with E-state index in [0.29, 0.717) is 19.0 Å². The van der Waals surface area contributed by atoms with E-state index in [1.54, 1.807) is 13.1 Å². The molecule has 2 aromatic rings. The fraction of sp³-hybridized carbons (Fsp3) is 0.391. The first kappa shape index (κ1) is 20.8. The van der Waals surface area contributed by atoms with E-state index in [1.807, 2.05) is 30.3 Å². The fourth-order valence-corrected chi connectivity index (χ4v) is 3.61. The molecule has 0 spiro atoms. The van der Waals surface area contributed by atoms with Gasteiger partial charge < -0.3 is 16.0 Å². The number of rotatable bonds is 6. The smallest absolute Gasteiger partial charge is 0.227 e. The topological polar surface area (TPSA) is 65.5 Å². The van der Waals surface area contributed by atoms with Crippen molar-refractivity contribution in [2.24, 2.45) is 10.9 Å². The van der Waals surface area contributed by atoms with Crippen LogP contribution in [0.1, 0.15) is 43.2 Å². The Morgan fingerprint density at radius 3 is 2.31 bits per heavy atom. The van der Waals surface area contributed by atoms with Crippen LogP contribution < -0.4 is 16.0 Å². The number of aliphatic imine (C=N–C) groups is 1. The molecule has 154 valence electrons. The number of hydrogen-bond acceptors (Lipinski definition) is 2. The lowest BCUT2D eigenvalue weighted by molar-refractivity contribution is -0.120. The molecule has 0 saturated heterocycles. The monoisotopic (exact) mass is 396 g/mol. The first-order valence-electron chi connectivity index (χ1n) is 10.2. The molecule has 1 aliphatic rings. The van der Waals surface area contributed by atoms with Crippen molar-refractivity contribution in [3.63, 3.8) is 0 Å². The van der Waals surface area contributed by atoms with E-state index in [-0.39, 0.29) is 17.6 Å². The first-order valence-corrected chi connectivity index (χ1v) is 10.2. The average Bonchev–Trinajstić information content (AvgIpc) is 2.75. The molecule has 0 radical (unpaired) electrons. The maximum Gasteiger partial charge on any atom is 0.227 e. The van der Waals surface area contributed by atoms with Gasteiger partial charge in [-0.1, -0.05) is 43.5 Å². The molecule has 0 aromatic heterocycles. The minimum atomic E-state index is -0.251. The molecule has 3 N–H and O–H groups in total. The van der Waals surface area contributed by atoms with Crippen LogP contribution >= 0.6 is 0 Å². The van der Waals surface area contributed by atoms with Crippen molar-refractivity contribution in [3.8, 4) is 0 Å². The van der Waals surface area contributed by atoms with Crippen LogP contribution in [0.4, 0.5) is 10.1 Å². The third kappa shape index (κ3) is 6.59. The Morgan fingerprint density at radius 1 is 1.00 bits per heavy atom. The Labute approximate surface area is 171 Å². The summed E-state index contributed by atoms with van der Waals surface area (Å²) in [6.07, 6.45) is 5.49. The molecule has 3 rings (SSSR count). The molecule has 0 unspecified atom stereocenters. The van der Waals surface area contributed by atoms with Crippen molar-refractivity contribution in [2.45, 2.75) is 45.2 Å². The molecule has 1 amide bonds. The Hall–Kier alpha value is -2.89. The SMILES string of the molecule is CN=C(NCc1cccc(F)c1)NCc1cccc(NC(=O)C2CCCCC2)c1. The lowest BCUT2D eigenvalue weighted by atomic mass is 9.88. The molecule has 5 nitrogen and oxygen atoms in total. The highest BCUT2D eigenvalue weighted by atomic mass is 19.1. The molecule has 0 aliphatic heterocycles. The van der Waals surface area contributed by atoms with Crippen LogP contribution in [0.5, 0.6) is 0 Å². The van der Waals surface area contributed by atoms with Crippen molar-refractivity contribution >= 4 is 17.6 Å². The predicted molar refractivity (Wildman–Crippen MR) is 115 cm³/mol. The lowest BCUT2D eigenvalue weighted by Crippen LogP contribution is -2.36. The highest BCUT2D eigenvalue weighted by Crippen LogP contribution is 2.25. The van der Waals surface area contributed by atoms with Crippen molar-refractivity contribution < 1.29 is 9.18 Å². The number of nitrogens with one attached hydrogen (secondary N) is 3. The van der Waals surface area contributed by atoms with Crippen LogP contribution in [-0.4, -0.2) is 18.9 Å². The number of carbonyl (C=O) groups excluding carboxylic acids is 1. The zero-order valence-electron chi connectivity index (χ0n) is 16.9. The second-order valence-electron chi connectivity index (χ2n) is 7.43. The number of amides is 1. The summed E-state index contributed by atoms with van der Waals surface area (Å²) in [5, 5.41) is 9.48. The van der Waals surface area contributed by atoms with E-state index < -0.39 is 0 Å². The van der Waals surface area contributed by atoms with Gasteiger partial charge in [-0.05, 0) is 48.2 Å². The second kappa shape index (κ2) is 10.6. The van der Waals surface area contributed by atoms with Gasteiger partial charge in [0.2, 0.25) is 5.91 Å². The van der Waals surface area contributed by atoms with E-state index in [9.17, 15) is 9.18 Å². The number of hydrogen-bond donors (Lipinski definition) is 3. The quantitative estimate of drug-likeness (QED) is 0.506. The first-order chi connectivity index (χ1) is 14.1. The van der Waals surface area contributed by atoms with Gasteiger partial charge in [-0.3, -0.25) is 9.79 Å². The summed E-state index contributed by atoms with van der Waals surface area (Å²) < 4.78 is 13.3. The molecule has 0 heterocycles. The minimum Gasteiger partial charge on any atom is -0.352 e. The van der Waals surface area contributed by atoms with Gasteiger partial charge in [0, 0.05) is 31.7 Å². The highest BCUT2D eigenvalue weighted by molar-refractivity contribution is 5.92. The van der Waals surface area contributed by atoms with Crippen molar-refractivity contribution in [1.82, 2.24) is 10.6 Å². The molecule has 1 saturated carbocycles. The third-order valence-electron chi connectivity index (χ3n) is 5.20. The predicted octanol–water partition coefficient (Wildman–Crippen LogP) is 4.21. The second-order valence-corrected chi connectivity index (χ2v) is 7.43. The summed E-state index contributed by atoms with van der Waals surface area (Å²) in [5.74, 6) is 0.643. The van der Waals surface area contributed by atoms with Gasteiger partial charge in [0.15, 0.2) is 5.96 Å². The van der Waals surface area contributed by atoms with Crippen LogP contribution in [0.2, 0.25) is 0 Å². The van der Waals surface area contributed by atoms with Gasteiger partial charge in [0.1, 0.15) is 5.82 Å². The number of nitrogens with zero attached hydrogens (tertiary/aromatic N) is 1. The minimum absolute atomic E-state index is 0.127. The van der Waals surface area contributed by atoms with Gasteiger partial charge in [-0.25, -0.2) is 4.39 Å². The molecule has 0 bridgehead atoms. The summed E-state index contributed by atoms with van der Waals surface area (Å²) in [6.45, 7) is 1.05. The third-order valence-corrected chi connectivity index (χ3v) is 5.20. The molecule has 1 fully saturated rings. The number of anilines is 1. The average molecular weight is 397 g/mol. The maximum absolute atomic E-state index is 13.3. The molecule has 0 atom stereocenters. The number of halogens is 1. The van der Waals surface area contributed by atoms with Gasteiger partial charge in [0.05, 0.1) is 0 Å². The van der Waals surface area contributed by atoms with Crippen molar-refractivity contribution in [2.75, 3.05) is 12.4 Å². The summed E-state index contributed by atoms with van der Waals surface area (Å²) in [7, 11) is 1.70. The Kier molecular flexibility index (Phi) is 7.61. The zero-order valence-corrected chi connectivity index (χ0v) is 16.9. The zero-order chi connectivity index (χ0) is 20.5. The van der Waals surface area contributed by atoms with E-state index >= 15 is 0 Å². The summed E-state index contributed by atoms with van der Waals surface area (Å²) in [6, 6.07) is 14.3. The van der Waals surface area contributed by atoms with Crippen LogP contribution in [0.25, 0.3) is 0 Å². The summed E-state index contributed by atoms with van der Waals surface area (Å²) in [4.78, 5) is 16.7. The summed E-state index contributed by atoms with van der Waals surface area (Å²) >= 11 is 0. The molecule has 1 aliphatic carbocycles. The molecule has 29 heavy (non-hydrogen) atoms. The largest absolute Gasteiger partial charge is 0.352 e. The molecular weight excluding hydrogens is 367 g/mol. The van der Waals surface area contributed by atoms with Crippen molar-refractivity contribution in [1.29, 1.82) is 0 Å². The Balaban J connectivity index is 1.50. The van der Waals surface area contributed by atoms with Gasteiger partial charge in [-0.2, -0.15) is 0 Å². The van der Waals surface area contributed by atoms with Crippen LogP contribution in [0.3, 0.4) is 0 Å². The number of carbonyl (C=O) groups is 1. The fourth-order valence-electron chi connectivity index (χ4n) is 3.61. The van der Waals surface area contributed by atoms with Gasteiger partial charge >= 0.3 is 0 Å². The van der Waals surface area contributed by atoms with Crippen LogP contribution in [0, 0.1) is 11.7 Å². The van der Waals surface area contributed by atoms with E-state index in [4.69, 9.17) is 0 Å². The number of guanidine groups is 1. The van der Waals surface area contributed by atoms with Crippen molar-refractivity contribution in [3.05, 3.63) is 65.5 Å². The summed E-state index contributed by atoms with van der Waals surface area (Å²) in [5.41, 5.74) is 2.71. The van der Waals surface area contributed by atoms with Gasteiger partial charge in [-0.15, -0.1) is 0 Å². The Bertz CT molecular complexity index is 846. The maximum atomic E-state index is 13.3. The van der Waals surface area contributed by atoms with E-state index in [0.717, 1.165) is 42.5 Å². The molecular formula is C23H29FN4O.